The fourth-order valence-electron chi connectivity index (χ4n) is 2.37. The first-order chi connectivity index (χ1) is 11.7. The zero-order valence-corrected chi connectivity index (χ0v) is 13.9. The first-order valence-corrected chi connectivity index (χ1v) is 7.61. The Bertz CT molecular complexity index is 743. The van der Waals surface area contributed by atoms with Gasteiger partial charge in [-0.15, -0.1) is 0 Å². The summed E-state index contributed by atoms with van der Waals surface area (Å²) in [7, 11) is 1.50. The van der Waals surface area contributed by atoms with Crippen molar-refractivity contribution >= 4 is 17.3 Å². The lowest BCUT2D eigenvalue weighted by Gasteiger charge is -2.15. The Morgan fingerprint density at radius 1 is 1.20 bits per heavy atom. The maximum absolute atomic E-state index is 12.6. The van der Waals surface area contributed by atoms with Crippen LogP contribution in [0.2, 0.25) is 0 Å². The molecule has 2 aromatic carbocycles. The van der Waals surface area contributed by atoms with Crippen LogP contribution in [0.1, 0.15) is 30.4 Å². The van der Waals surface area contributed by atoms with Gasteiger partial charge in [-0.05, 0) is 35.7 Å². The van der Waals surface area contributed by atoms with Gasteiger partial charge in [0.2, 0.25) is 5.91 Å². The van der Waals surface area contributed by atoms with Crippen molar-refractivity contribution in [1.29, 1.82) is 0 Å². The monoisotopic (exact) mass is 352 g/mol. The molecule has 2 rings (SSSR count). The third-order valence-corrected chi connectivity index (χ3v) is 3.83. The molecule has 0 spiro atoms. The van der Waals surface area contributed by atoms with Crippen LogP contribution in [0.5, 0.6) is 5.75 Å². The average molecular weight is 352 g/mol. The van der Waals surface area contributed by atoms with Crippen molar-refractivity contribution in [2.24, 2.45) is 0 Å². The normalized spacial score (nSPS) is 12.5. The molecule has 134 valence electrons. The van der Waals surface area contributed by atoms with Crippen LogP contribution in [0.4, 0.5) is 24.5 Å². The summed E-state index contributed by atoms with van der Waals surface area (Å²) in [6.45, 7) is 1.77. The molecule has 0 aliphatic rings. The summed E-state index contributed by atoms with van der Waals surface area (Å²) in [5, 5.41) is 2.70. The number of nitrogen functional groups attached to an aromatic ring is 1. The molecule has 2 aromatic rings. The lowest BCUT2D eigenvalue weighted by molar-refractivity contribution is -0.137. The first kappa shape index (κ1) is 18.6. The molecule has 1 amide bonds. The number of carbonyl (C=O) groups is 1. The molecular weight excluding hydrogens is 333 g/mol. The predicted molar refractivity (Wildman–Crippen MR) is 90.5 cm³/mol. The number of anilines is 2. The van der Waals surface area contributed by atoms with Gasteiger partial charge in [-0.3, -0.25) is 4.79 Å². The second-order valence-electron chi connectivity index (χ2n) is 5.73. The summed E-state index contributed by atoms with van der Waals surface area (Å²) in [5.74, 6) is 0.0294. The number of methoxy groups -OCH3 is 1. The minimum Gasteiger partial charge on any atom is -0.497 e. The van der Waals surface area contributed by atoms with E-state index in [1.165, 1.54) is 19.2 Å². The third-order valence-electron chi connectivity index (χ3n) is 3.83. The number of carbonyl (C=O) groups excluding carboxylic acids is 1. The topological polar surface area (TPSA) is 64.3 Å². The molecule has 0 radical (unpaired) electrons. The highest BCUT2D eigenvalue weighted by Crippen LogP contribution is 2.31. The van der Waals surface area contributed by atoms with Crippen molar-refractivity contribution in [2.45, 2.75) is 25.4 Å². The van der Waals surface area contributed by atoms with E-state index < -0.39 is 11.7 Å². The second-order valence-corrected chi connectivity index (χ2v) is 5.73. The van der Waals surface area contributed by atoms with E-state index in [0.29, 0.717) is 22.7 Å². The van der Waals surface area contributed by atoms with Gasteiger partial charge in [-0.25, -0.2) is 0 Å². The zero-order chi connectivity index (χ0) is 18.6. The molecule has 0 fully saturated rings. The molecule has 0 aromatic heterocycles. The van der Waals surface area contributed by atoms with Crippen molar-refractivity contribution in [1.82, 2.24) is 0 Å². The van der Waals surface area contributed by atoms with Crippen molar-refractivity contribution in [3.05, 3.63) is 53.6 Å². The summed E-state index contributed by atoms with van der Waals surface area (Å²) in [6, 6.07) is 9.72. The second kappa shape index (κ2) is 7.46. The molecule has 3 N–H and O–H groups in total. The van der Waals surface area contributed by atoms with Crippen molar-refractivity contribution in [3.63, 3.8) is 0 Å². The van der Waals surface area contributed by atoms with Crippen LogP contribution in [0.15, 0.2) is 42.5 Å². The highest BCUT2D eigenvalue weighted by atomic mass is 19.4. The van der Waals surface area contributed by atoms with Crippen LogP contribution in [0.25, 0.3) is 0 Å². The van der Waals surface area contributed by atoms with Gasteiger partial charge in [-0.1, -0.05) is 19.1 Å². The highest BCUT2D eigenvalue weighted by molar-refractivity contribution is 5.94. The SMILES string of the molecule is COc1ccc(N)c(NC(=O)CC(C)c2ccc(C(F)(F)F)cc2)c1. The Labute approximate surface area is 143 Å². The molecule has 25 heavy (non-hydrogen) atoms. The molecule has 1 atom stereocenters. The van der Waals surface area contributed by atoms with Crippen LogP contribution in [0.3, 0.4) is 0 Å². The molecule has 0 bridgehead atoms. The molecule has 0 aliphatic carbocycles. The van der Waals surface area contributed by atoms with Gasteiger partial charge < -0.3 is 15.8 Å². The van der Waals surface area contributed by atoms with Gasteiger partial charge in [-0.2, -0.15) is 13.2 Å². The van der Waals surface area contributed by atoms with Gasteiger partial charge >= 0.3 is 6.18 Å². The Morgan fingerprint density at radius 3 is 2.40 bits per heavy atom. The standard InChI is InChI=1S/C18H19F3N2O2/c1-11(12-3-5-13(6-4-12)18(19,20)21)9-17(24)23-16-10-14(25-2)7-8-15(16)22/h3-8,10-11H,9,22H2,1-2H3,(H,23,24). The lowest BCUT2D eigenvalue weighted by Crippen LogP contribution is -2.15. The fraction of sp³-hybridized carbons (Fsp3) is 0.278. The number of ether oxygens (including phenoxy) is 1. The maximum atomic E-state index is 12.6. The van der Waals surface area contributed by atoms with E-state index in [2.05, 4.69) is 5.32 Å². The largest absolute Gasteiger partial charge is 0.497 e. The molecule has 0 saturated heterocycles. The first-order valence-electron chi connectivity index (χ1n) is 7.61. The summed E-state index contributed by atoms with van der Waals surface area (Å²) < 4.78 is 42.8. The van der Waals surface area contributed by atoms with Gasteiger partial charge in [0.25, 0.3) is 0 Å². The number of hydrogen-bond acceptors (Lipinski definition) is 3. The van der Waals surface area contributed by atoms with E-state index in [-0.39, 0.29) is 18.2 Å². The van der Waals surface area contributed by atoms with Crippen LogP contribution >= 0.6 is 0 Å². The predicted octanol–water partition coefficient (Wildman–Crippen LogP) is 4.43. The van der Waals surface area contributed by atoms with E-state index in [9.17, 15) is 18.0 Å². The van der Waals surface area contributed by atoms with Crippen LogP contribution < -0.4 is 15.8 Å². The van der Waals surface area contributed by atoms with Crippen LogP contribution in [-0.2, 0) is 11.0 Å². The summed E-state index contributed by atoms with van der Waals surface area (Å²) in [5.41, 5.74) is 6.59. The number of halogens is 3. The maximum Gasteiger partial charge on any atom is 0.416 e. The number of nitrogens with two attached hydrogens (primary N) is 1. The molecule has 0 saturated carbocycles. The van der Waals surface area contributed by atoms with Crippen LogP contribution in [-0.4, -0.2) is 13.0 Å². The Kier molecular flexibility index (Phi) is 5.56. The van der Waals surface area contributed by atoms with Gasteiger partial charge in [0.05, 0.1) is 24.0 Å². The quantitative estimate of drug-likeness (QED) is 0.783. The molecule has 1 unspecified atom stereocenters. The Morgan fingerprint density at radius 2 is 1.84 bits per heavy atom. The number of alkyl halides is 3. The zero-order valence-electron chi connectivity index (χ0n) is 13.9. The summed E-state index contributed by atoms with van der Waals surface area (Å²) >= 11 is 0. The average Bonchev–Trinajstić information content (AvgIpc) is 2.56. The number of amides is 1. The van der Waals surface area contributed by atoms with Crippen molar-refractivity contribution in [2.75, 3.05) is 18.2 Å². The minimum absolute atomic E-state index is 0.113. The van der Waals surface area contributed by atoms with Crippen molar-refractivity contribution in [3.8, 4) is 5.75 Å². The number of nitrogens with one attached hydrogen (secondary N) is 1. The number of hydrogen-bond donors (Lipinski definition) is 2. The molecular formula is C18H19F3N2O2. The Hall–Kier alpha value is -2.70. The van der Waals surface area contributed by atoms with E-state index in [0.717, 1.165) is 12.1 Å². The smallest absolute Gasteiger partial charge is 0.416 e. The summed E-state index contributed by atoms with van der Waals surface area (Å²) in [4.78, 5) is 12.2. The summed E-state index contributed by atoms with van der Waals surface area (Å²) in [6.07, 6.45) is -4.26. The third kappa shape index (κ3) is 4.89. The molecule has 7 heteroatoms. The van der Waals surface area contributed by atoms with Gasteiger partial charge in [0.1, 0.15) is 5.75 Å². The number of rotatable bonds is 5. The van der Waals surface area contributed by atoms with E-state index in [4.69, 9.17) is 10.5 Å². The lowest BCUT2D eigenvalue weighted by atomic mass is 9.96. The van der Waals surface area contributed by atoms with Gasteiger partial charge in [0, 0.05) is 12.5 Å². The molecule has 4 nitrogen and oxygen atoms in total. The van der Waals surface area contributed by atoms with E-state index >= 15 is 0 Å². The molecule has 0 heterocycles. The van der Waals surface area contributed by atoms with E-state index in [1.807, 2.05) is 0 Å². The number of benzene rings is 2. The van der Waals surface area contributed by atoms with Crippen LogP contribution in [0, 0.1) is 0 Å². The minimum atomic E-state index is -4.37. The fourth-order valence-corrected chi connectivity index (χ4v) is 2.37. The van der Waals surface area contributed by atoms with Gasteiger partial charge in [0.15, 0.2) is 0 Å². The molecule has 0 aliphatic heterocycles. The van der Waals surface area contributed by atoms with E-state index in [1.54, 1.807) is 25.1 Å². The Balaban J connectivity index is 2.03. The van der Waals surface area contributed by atoms with Crippen molar-refractivity contribution < 1.29 is 22.7 Å². The highest BCUT2D eigenvalue weighted by Gasteiger charge is 2.30.